The Kier molecular flexibility index (Phi) is 78.5. The second-order valence-electron chi connectivity index (χ2n) is 33.8. The van der Waals surface area contributed by atoms with Gasteiger partial charge in [-0.25, -0.2) is 9.13 Å². The Labute approximate surface area is 670 Å². The Bertz CT molecular complexity index is 2100. The van der Waals surface area contributed by atoms with Crippen molar-refractivity contribution in [1.29, 1.82) is 0 Å². The molecule has 0 bridgehead atoms. The lowest BCUT2D eigenvalue weighted by Crippen LogP contribution is -2.30. The number of aliphatic hydroxyl groups is 1. The maximum atomic E-state index is 13.2. The predicted molar refractivity (Wildman–Crippen MR) is 451 cm³/mol. The van der Waals surface area contributed by atoms with Gasteiger partial charge in [-0.15, -0.1) is 0 Å². The highest BCUT2D eigenvalue weighted by atomic mass is 31.2. The zero-order valence-corrected chi connectivity index (χ0v) is 73.8. The van der Waals surface area contributed by atoms with Gasteiger partial charge in [0.2, 0.25) is 0 Å². The number of aliphatic hydroxyl groups excluding tert-OH is 1. The summed E-state index contributed by atoms with van der Waals surface area (Å²) >= 11 is 0. The molecule has 19 heteroatoms. The van der Waals surface area contributed by atoms with Crippen molar-refractivity contribution in [3.63, 3.8) is 0 Å². The van der Waals surface area contributed by atoms with E-state index in [-0.39, 0.29) is 25.7 Å². The van der Waals surface area contributed by atoms with E-state index in [0.29, 0.717) is 25.7 Å². The lowest BCUT2D eigenvalue weighted by atomic mass is 10.0. The van der Waals surface area contributed by atoms with Gasteiger partial charge in [-0.1, -0.05) is 427 Å². The van der Waals surface area contributed by atoms with Gasteiger partial charge in [-0.05, 0) is 43.4 Å². The number of unbranched alkanes of at least 4 members (excludes halogenated alkanes) is 56. The fourth-order valence-electron chi connectivity index (χ4n) is 14.1. The van der Waals surface area contributed by atoms with Crippen LogP contribution in [0, 0.1) is 17.8 Å². The molecular formula is C90H176O17P2. The van der Waals surface area contributed by atoms with E-state index in [1.54, 1.807) is 0 Å². The van der Waals surface area contributed by atoms with Gasteiger partial charge in [0, 0.05) is 25.7 Å². The molecule has 109 heavy (non-hydrogen) atoms. The van der Waals surface area contributed by atoms with Crippen LogP contribution in [-0.2, 0) is 65.4 Å². The van der Waals surface area contributed by atoms with Gasteiger partial charge < -0.3 is 33.8 Å². The molecule has 0 heterocycles. The maximum absolute atomic E-state index is 13.2. The van der Waals surface area contributed by atoms with E-state index in [1.165, 1.54) is 289 Å². The van der Waals surface area contributed by atoms with Crippen molar-refractivity contribution >= 4 is 39.5 Å². The average Bonchev–Trinajstić information content (AvgIpc) is 0.899. The van der Waals surface area contributed by atoms with Crippen LogP contribution in [-0.4, -0.2) is 96.7 Å². The Morgan fingerprint density at radius 3 is 0.624 bits per heavy atom. The second kappa shape index (κ2) is 79.9. The summed E-state index contributed by atoms with van der Waals surface area (Å²) < 4.78 is 69.0. The molecule has 0 aliphatic rings. The summed E-state index contributed by atoms with van der Waals surface area (Å²) in [6.07, 6.45) is 72.4. The Morgan fingerprint density at radius 1 is 0.248 bits per heavy atom. The molecule has 0 aliphatic carbocycles. The summed E-state index contributed by atoms with van der Waals surface area (Å²) in [7, 11) is -9.93. The highest BCUT2D eigenvalue weighted by Crippen LogP contribution is 2.45. The van der Waals surface area contributed by atoms with E-state index < -0.39 is 97.5 Å². The monoisotopic (exact) mass is 1590 g/mol. The number of carbonyl (C=O) groups is 4. The molecule has 0 saturated carbocycles. The van der Waals surface area contributed by atoms with Gasteiger partial charge in [0.05, 0.1) is 26.4 Å². The van der Waals surface area contributed by atoms with Crippen LogP contribution >= 0.6 is 15.6 Å². The first-order valence-electron chi connectivity index (χ1n) is 46.3. The van der Waals surface area contributed by atoms with Crippen molar-refractivity contribution in [2.75, 3.05) is 39.6 Å². The van der Waals surface area contributed by atoms with E-state index in [4.69, 9.17) is 37.0 Å². The van der Waals surface area contributed by atoms with Crippen molar-refractivity contribution in [2.24, 2.45) is 17.8 Å². The van der Waals surface area contributed by atoms with Gasteiger partial charge in [0.15, 0.2) is 12.2 Å². The third-order valence-electron chi connectivity index (χ3n) is 21.1. The summed E-state index contributed by atoms with van der Waals surface area (Å²) in [6, 6.07) is 0. The van der Waals surface area contributed by atoms with Crippen molar-refractivity contribution in [3.05, 3.63) is 0 Å². The number of hydrogen-bond donors (Lipinski definition) is 3. The lowest BCUT2D eigenvalue weighted by molar-refractivity contribution is -0.161. The van der Waals surface area contributed by atoms with Gasteiger partial charge in [-0.3, -0.25) is 37.3 Å². The van der Waals surface area contributed by atoms with Gasteiger partial charge in [-0.2, -0.15) is 0 Å². The molecule has 0 amide bonds. The molecule has 2 unspecified atom stereocenters. The number of carbonyl (C=O) groups excluding carboxylic acids is 4. The first-order valence-corrected chi connectivity index (χ1v) is 49.3. The van der Waals surface area contributed by atoms with Crippen molar-refractivity contribution in [2.45, 2.75) is 497 Å². The molecule has 648 valence electrons. The van der Waals surface area contributed by atoms with Crippen LogP contribution in [0.2, 0.25) is 0 Å². The molecule has 3 N–H and O–H groups in total. The van der Waals surface area contributed by atoms with Crippen LogP contribution in [0.25, 0.3) is 0 Å². The Morgan fingerprint density at radius 2 is 0.422 bits per heavy atom. The summed E-state index contributed by atoms with van der Waals surface area (Å²) in [5.41, 5.74) is 0. The number of esters is 4. The second-order valence-corrected chi connectivity index (χ2v) is 36.7. The van der Waals surface area contributed by atoms with Crippen LogP contribution in [0.5, 0.6) is 0 Å². The zero-order valence-electron chi connectivity index (χ0n) is 72.0. The van der Waals surface area contributed by atoms with Crippen molar-refractivity contribution in [3.8, 4) is 0 Å². The average molecular weight is 1590 g/mol. The smallest absolute Gasteiger partial charge is 0.462 e. The van der Waals surface area contributed by atoms with Crippen molar-refractivity contribution < 1.29 is 80.2 Å². The first kappa shape index (κ1) is 107. The molecule has 5 atom stereocenters. The lowest BCUT2D eigenvalue weighted by Gasteiger charge is -2.21. The molecule has 0 fully saturated rings. The topological polar surface area (TPSA) is 237 Å². The standard InChI is InChI=1S/C90H176O17P2/c1-8-9-10-11-12-13-14-15-16-17-18-19-20-24-27-32-37-42-50-57-64-71-87(92)100-77-85(106-89(94)73-66-59-52-43-38-33-28-25-22-21-23-26-30-35-40-47-54-61-68-81(2)3)79-104-108(96,97)102-75-84(91)76-103-109(98,99)105-80-86(78-101-88(93)72-65-58-51-46-45-49-56-63-70-83(6)7)107-90(95)74-67-60-53-44-39-34-29-31-36-41-48-55-62-69-82(4)5/h81-86,91H,8-80H2,1-7H3,(H,96,97)(H,98,99)/t84-,85-,86-/m1/s1. The highest BCUT2D eigenvalue weighted by Gasteiger charge is 2.31. The Hall–Kier alpha value is -1.94. The molecule has 0 aromatic carbocycles. The summed E-state index contributed by atoms with van der Waals surface area (Å²) in [6.45, 7) is 12.0. The van der Waals surface area contributed by atoms with E-state index >= 15 is 0 Å². The minimum Gasteiger partial charge on any atom is -0.462 e. The molecular weight excluding hydrogens is 1410 g/mol. The van der Waals surface area contributed by atoms with Gasteiger partial charge >= 0.3 is 39.5 Å². The third-order valence-corrected chi connectivity index (χ3v) is 23.0. The van der Waals surface area contributed by atoms with E-state index in [1.807, 2.05) is 0 Å². The molecule has 0 aromatic heterocycles. The van der Waals surface area contributed by atoms with Crippen LogP contribution < -0.4 is 0 Å². The SMILES string of the molecule is CCCCCCCCCCCCCCCCCCCCCCCC(=O)OC[C@H](COP(=O)(O)OC[C@@H](O)COP(=O)(O)OC[C@@H](COC(=O)CCCCCCCCCCC(C)C)OC(=O)CCCCCCCCCCCCCCCC(C)C)OC(=O)CCCCCCCCCCCCCCCCCCCCC(C)C. The molecule has 0 aliphatic heterocycles. The molecule has 0 spiro atoms. The number of phosphoric ester groups is 2. The normalized spacial score (nSPS) is 13.8. The largest absolute Gasteiger partial charge is 0.472 e. The maximum Gasteiger partial charge on any atom is 0.472 e. The van der Waals surface area contributed by atoms with Gasteiger partial charge in [0.1, 0.15) is 19.3 Å². The van der Waals surface area contributed by atoms with E-state index in [2.05, 4.69) is 48.5 Å². The Balaban J connectivity index is 5.23. The fraction of sp³-hybridized carbons (Fsp3) is 0.956. The molecule has 0 saturated heterocycles. The van der Waals surface area contributed by atoms with Crippen LogP contribution in [0.15, 0.2) is 0 Å². The minimum atomic E-state index is -4.97. The van der Waals surface area contributed by atoms with Crippen LogP contribution in [0.3, 0.4) is 0 Å². The summed E-state index contributed by atoms with van der Waals surface area (Å²) in [4.78, 5) is 73.4. The first-order chi connectivity index (χ1) is 52.7. The van der Waals surface area contributed by atoms with E-state index in [9.17, 15) is 43.2 Å². The fourth-order valence-corrected chi connectivity index (χ4v) is 15.7. The molecule has 0 rings (SSSR count). The van der Waals surface area contributed by atoms with Gasteiger partial charge in [0.25, 0.3) is 0 Å². The minimum absolute atomic E-state index is 0.107. The number of hydrogen-bond acceptors (Lipinski definition) is 15. The molecule has 17 nitrogen and oxygen atoms in total. The zero-order chi connectivity index (χ0) is 80.0. The number of phosphoric acid groups is 2. The third kappa shape index (κ3) is 83.8. The number of ether oxygens (including phenoxy) is 4. The summed E-state index contributed by atoms with van der Waals surface area (Å²) in [5.74, 6) is 0.232. The van der Waals surface area contributed by atoms with E-state index in [0.717, 1.165) is 108 Å². The van der Waals surface area contributed by atoms with Crippen molar-refractivity contribution in [1.82, 2.24) is 0 Å². The van der Waals surface area contributed by atoms with Crippen LogP contribution in [0.4, 0.5) is 0 Å². The predicted octanol–water partition coefficient (Wildman–Crippen LogP) is 27.6. The quantitative estimate of drug-likeness (QED) is 0.0222. The number of rotatable bonds is 88. The highest BCUT2D eigenvalue weighted by molar-refractivity contribution is 7.47. The molecule has 0 aromatic rings. The van der Waals surface area contributed by atoms with Crippen LogP contribution in [0.1, 0.15) is 479 Å². The summed E-state index contributed by atoms with van der Waals surface area (Å²) in [5, 5.41) is 10.7. The molecule has 0 radical (unpaired) electrons.